The molecule has 0 aromatic carbocycles. The third-order valence-electron chi connectivity index (χ3n) is 7.18. The maximum Gasteiger partial charge on any atom is 0.201 e. The third-order valence-corrected chi connectivity index (χ3v) is 8.62. The zero-order valence-electron chi connectivity index (χ0n) is 16.3. The maximum atomic E-state index is 6.56. The first-order chi connectivity index (χ1) is 13.2. The van der Waals surface area contributed by atoms with E-state index in [-0.39, 0.29) is 16.5 Å². The number of anilines is 1. The molecule has 6 nitrogen and oxygen atoms in total. The van der Waals surface area contributed by atoms with Gasteiger partial charge in [-0.25, -0.2) is 14.8 Å². The molecule has 28 heavy (non-hydrogen) atoms. The molecule has 1 aromatic heterocycles. The zero-order chi connectivity index (χ0) is 19.7. The number of ether oxygens (including phenoxy) is 2. The first-order valence-electron chi connectivity index (χ1n) is 10.0. The molecule has 1 spiro atoms. The quantitative estimate of drug-likeness (QED) is 0.441. The van der Waals surface area contributed by atoms with E-state index in [1.807, 2.05) is 19.1 Å². The first kappa shape index (κ1) is 19.7. The van der Waals surface area contributed by atoms with Gasteiger partial charge in [0.2, 0.25) is 5.79 Å². The van der Waals surface area contributed by atoms with Crippen molar-refractivity contribution in [3.05, 3.63) is 22.8 Å². The Balaban J connectivity index is 1.53. The summed E-state index contributed by atoms with van der Waals surface area (Å²) >= 11 is 7.45. The molecule has 0 unspecified atom stereocenters. The number of pyridine rings is 1. The highest BCUT2D eigenvalue weighted by Crippen LogP contribution is 2.63. The van der Waals surface area contributed by atoms with Crippen molar-refractivity contribution in [1.29, 1.82) is 0 Å². The predicted octanol–water partition coefficient (Wildman–Crippen LogP) is 4.98. The summed E-state index contributed by atoms with van der Waals surface area (Å²) in [5, 5.41) is 3.46. The smallest absolute Gasteiger partial charge is 0.201 e. The second-order valence-electron chi connectivity index (χ2n) is 9.03. The van der Waals surface area contributed by atoms with E-state index in [0.717, 1.165) is 36.0 Å². The molecule has 0 amide bonds. The zero-order valence-corrected chi connectivity index (χ0v) is 19.5. The van der Waals surface area contributed by atoms with Crippen LogP contribution in [-0.4, -0.2) is 33.2 Å². The molecule has 5 fully saturated rings. The fourth-order valence-electron chi connectivity index (χ4n) is 5.65. The molecule has 5 heterocycles. The van der Waals surface area contributed by atoms with Crippen LogP contribution in [0.3, 0.4) is 0 Å². The van der Waals surface area contributed by atoms with E-state index in [1.54, 1.807) is 6.20 Å². The average molecular weight is 518 g/mol. The molecule has 1 saturated carbocycles. The second kappa shape index (κ2) is 6.62. The van der Waals surface area contributed by atoms with Crippen LogP contribution in [0.25, 0.3) is 0 Å². The Labute approximate surface area is 182 Å². The molecule has 2 bridgehead atoms. The third kappa shape index (κ3) is 2.82. The summed E-state index contributed by atoms with van der Waals surface area (Å²) in [6, 6.07) is 3.90. The van der Waals surface area contributed by atoms with E-state index < -0.39 is 17.7 Å². The standard InChI is InChI=1S/C20H26Br2N2O4/c1-11-4-6-14-19(3,22)16(24-15-7-5-12(21)10-23-15)25-17-20(14)13(11)8-9-18(2,26-17)27-28-20/h5,7,10-11,13-14,16-17H,4,6,8-9H2,1-3H3,(H,23,24)/t11-,13+,14+,16+,17-,18-,19+,20-/m1/s1. The van der Waals surface area contributed by atoms with Gasteiger partial charge in [-0.3, -0.25) is 0 Å². The van der Waals surface area contributed by atoms with Crippen LogP contribution in [0.1, 0.15) is 46.5 Å². The molecule has 1 N–H and O–H groups in total. The van der Waals surface area contributed by atoms with Crippen molar-refractivity contribution in [3.63, 3.8) is 0 Å². The van der Waals surface area contributed by atoms with Crippen LogP contribution >= 0.6 is 31.9 Å². The normalized spacial score (nSPS) is 50.0. The summed E-state index contributed by atoms with van der Waals surface area (Å²) in [6.07, 6.45) is 4.99. The summed E-state index contributed by atoms with van der Waals surface area (Å²) in [5.74, 6) is 1.05. The van der Waals surface area contributed by atoms with Crippen molar-refractivity contribution >= 4 is 37.7 Å². The van der Waals surface area contributed by atoms with Crippen LogP contribution in [-0.2, 0) is 19.2 Å². The lowest BCUT2D eigenvalue weighted by atomic mass is 9.58. The summed E-state index contributed by atoms with van der Waals surface area (Å²) in [6.45, 7) is 6.44. The lowest BCUT2D eigenvalue weighted by molar-refractivity contribution is -0.568. The van der Waals surface area contributed by atoms with E-state index in [2.05, 4.69) is 56.0 Å². The number of fused-ring (bicyclic) bond motifs is 2. The number of hydrogen-bond acceptors (Lipinski definition) is 6. The van der Waals surface area contributed by atoms with Crippen LogP contribution < -0.4 is 5.32 Å². The lowest BCUT2D eigenvalue weighted by Crippen LogP contribution is -2.74. The van der Waals surface area contributed by atoms with Gasteiger partial charge < -0.3 is 14.8 Å². The predicted molar refractivity (Wildman–Crippen MR) is 111 cm³/mol. The van der Waals surface area contributed by atoms with Crippen molar-refractivity contribution in [2.75, 3.05) is 5.32 Å². The Hall–Kier alpha value is -0.250. The number of rotatable bonds is 2. The Bertz CT molecular complexity index is 763. The van der Waals surface area contributed by atoms with Gasteiger partial charge in [-0.15, -0.1) is 0 Å². The lowest BCUT2D eigenvalue weighted by Gasteiger charge is -2.62. The van der Waals surface area contributed by atoms with E-state index in [9.17, 15) is 0 Å². The van der Waals surface area contributed by atoms with Gasteiger partial charge in [0, 0.05) is 23.0 Å². The van der Waals surface area contributed by atoms with Gasteiger partial charge in [-0.1, -0.05) is 22.9 Å². The Morgan fingerprint density at radius 1 is 1.18 bits per heavy atom. The van der Waals surface area contributed by atoms with Gasteiger partial charge in [0.25, 0.3) is 0 Å². The van der Waals surface area contributed by atoms with E-state index in [1.165, 1.54) is 0 Å². The van der Waals surface area contributed by atoms with E-state index >= 15 is 0 Å². The minimum Gasteiger partial charge on any atom is -0.344 e. The van der Waals surface area contributed by atoms with Gasteiger partial charge >= 0.3 is 0 Å². The minimum absolute atomic E-state index is 0.176. The molecular formula is C20H26Br2N2O4. The van der Waals surface area contributed by atoms with Gasteiger partial charge in [0.05, 0.1) is 4.32 Å². The topological polar surface area (TPSA) is 61.8 Å². The Kier molecular flexibility index (Phi) is 4.66. The van der Waals surface area contributed by atoms with Crippen molar-refractivity contribution < 1.29 is 19.2 Å². The molecule has 4 saturated heterocycles. The Morgan fingerprint density at radius 2 is 2.00 bits per heavy atom. The molecule has 4 aliphatic heterocycles. The molecule has 154 valence electrons. The van der Waals surface area contributed by atoms with Crippen LogP contribution in [0, 0.1) is 17.8 Å². The summed E-state index contributed by atoms with van der Waals surface area (Å²) < 4.78 is 13.5. The van der Waals surface area contributed by atoms with Gasteiger partial charge in [0.1, 0.15) is 12.0 Å². The summed E-state index contributed by atoms with van der Waals surface area (Å²) in [5.41, 5.74) is -0.600. The molecular weight excluding hydrogens is 492 g/mol. The van der Waals surface area contributed by atoms with Crippen LogP contribution in [0.5, 0.6) is 0 Å². The fourth-order valence-corrected chi connectivity index (χ4v) is 6.70. The highest BCUT2D eigenvalue weighted by Gasteiger charge is 2.72. The van der Waals surface area contributed by atoms with Crippen molar-refractivity contribution in [2.45, 2.75) is 74.7 Å². The number of halogens is 2. The SMILES string of the molecule is C[C@@H]1CC[C@H]2[C@](C)(Br)[C@@H](Nc3ccc(Br)cn3)O[C@@H]3O[C@@]4(C)CC[C@@H]1[C@]32OO4. The van der Waals surface area contributed by atoms with E-state index in [4.69, 9.17) is 19.2 Å². The number of nitrogens with one attached hydrogen (secondary N) is 1. The monoisotopic (exact) mass is 516 g/mol. The molecule has 6 rings (SSSR count). The highest BCUT2D eigenvalue weighted by molar-refractivity contribution is 9.10. The Morgan fingerprint density at radius 3 is 2.75 bits per heavy atom. The van der Waals surface area contributed by atoms with E-state index in [0.29, 0.717) is 11.8 Å². The maximum absolute atomic E-state index is 6.56. The fraction of sp³-hybridized carbons (Fsp3) is 0.750. The molecule has 0 radical (unpaired) electrons. The van der Waals surface area contributed by atoms with Gasteiger partial charge in [0.15, 0.2) is 11.9 Å². The molecule has 1 aromatic rings. The van der Waals surface area contributed by atoms with Gasteiger partial charge in [-0.2, -0.15) is 0 Å². The molecule has 8 heteroatoms. The largest absolute Gasteiger partial charge is 0.344 e. The number of hydrogen-bond donors (Lipinski definition) is 1. The number of nitrogens with zero attached hydrogens (tertiary/aromatic N) is 1. The average Bonchev–Trinajstić information content (AvgIpc) is 2.87. The second-order valence-corrected chi connectivity index (χ2v) is 11.7. The highest BCUT2D eigenvalue weighted by atomic mass is 79.9. The minimum atomic E-state index is -0.766. The van der Waals surface area contributed by atoms with Crippen LogP contribution in [0.2, 0.25) is 0 Å². The van der Waals surface area contributed by atoms with Crippen molar-refractivity contribution in [3.8, 4) is 0 Å². The van der Waals surface area contributed by atoms with Crippen molar-refractivity contribution in [2.24, 2.45) is 17.8 Å². The number of aromatic nitrogens is 1. The van der Waals surface area contributed by atoms with Gasteiger partial charge in [-0.05, 0) is 73.0 Å². The summed E-state index contributed by atoms with van der Waals surface area (Å²) in [4.78, 5) is 16.5. The first-order valence-corrected chi connectivity index (χ1v) is 11.6. The molecule has 8 atom stereocenters. The summed E-state index contributed by atoms with van der Waals surface area (Å²) in [7, 11) is 0. The molecule has 5 aliphatic rings. The molecule has 1 aliphatic carbocycles. The number of alkyl halides is 1. The van der Waals surface area contributed by atoms with Crippen LogP contribution in [0.4, 0.5) is 5.82 Å². The van der Waals surface area contributed by atoms with Crippen LogP contribution in [0.15, 0.2) is 22.8 Å². The van der Waals surface area contributed by atoms with Crippen molar-refractivity contribution in [1.82, 2.24) is 4.98 Å².